The van der Waals surface area contributed by atoms with Crippen molar-refractivity contribution in [2.45, 2.75) is 12.5 Å². The SMILES string of the molecule is O=C(N[C@@H]1CCS(=O)(=O)C1)c1ccn(-c2ccccc2)n1. The van der Waals surface area contributed by atoms with Gasteiger partial charge in [-0.1, -0.05) is 18.2 Å². The molecule has 21 heavy (non-hydrogen) atoms. The predicted octanol–water partition coefficient (Wildman–Crippen LogP) is 0.789. The monoisotopic (exact) mass is 305 g/mol. The van der Waals surface area contributed by atoms with E-state index in [0.717, 1.165) is 5.69 Å². The highest BCUT2D eigenvalue weighted by atomic mass is 32.2. The fourth-order valence-electron chi connectivity index (χ4n) is 2.34. The maximum atomic E-state index is 12.1. The van der Waals surface area contributed by atoms with Crippen molar-refractivity contribution in [3.63, 3.8) is 0 Å². The number of carbonyl (C=O) groups is 1. The van der Waals surface area contributed by atoms with Crippen LogP contribution in [-0.2, 0) is 9.84 Å². The molecule has 1 N–H and O–H groups in total. The van der Waals surface area contributed by atoms with E-state index >= 15 is 0 Å². The van der Waals surface area contributed by atoms with Gasteiger partial charge in [0.05, 0.1) is 17.2 Å². The second kappa shape index (κ2) is 5.33. The van der Waals surface area contributed by atoms with Crippen LogP contribution in [-0.4, -0.2) is 41.7 Å². The third-order valence-corrected chi connectivity index (χ3v) is 5.18. The van der Waals surface area contributed by atoms with E-state index in [0.29, 0.717) is 6.42 Å². The molecule has 2 heterocycles. The smallest absolute Gasteiger partial charge is 0.272 e. The van der Waals surface area contributed by atoms with Crippen molar-refractivity contribution in [1.82, 2.24) is 15.1 Å². The summed E-state index contributed by atoms with van der Waals surface area (Å²) >= 11 is 0. The summed E-state index contributed by atoms with van der Waals surface area (Å²) in [4.78, 5) is 12.1. The first-order valence-corrected chi connectivity index (χ1v) is 8.48. The Morgan fingerprint density at radius 3 is 2.67 bits per heavy atom. The van der Waals surface area contributed by atoms with Gasteiger partial charge in [-0.3, -0.25) is 4.79 Å². The lowest BCUT2D eigenvalue weighted by Crippen LogP contribution is -2.35. The summed E-state index contributed by atoms with van der Waals surface area (Å²) in [5.41, 5.74) is 1.14. The average Bonchev–Trinajstić information content (AvgIpc) is 3.07. The van der Waals surface area contributed by atoms with Gasteiger partial charge in [-0.15, -0.1) is 0 Å². The largest absolute Gasteiger partial charge is 0.347 e. The number of nitrogens with one attached hydrogen (secondary N) is 1. The van der Waals surface area contributed by atoms with Crippen molar-refractivity contribution in [3.8, 4) is 5.69 Å². The Labute approximate surface area is 122 Å². The van der Waals surface area contributed by atoms with E-state index in [1.807, 2.05) is 30.3 Å². The van der Waals surface area contributed by atoms with Crippen molar-refractivity contribution in [1.29, 1.82) is 0 Å². The number of aromatic nitrogens is 2. The minimum Gasteiger partial charge on any atom is -0.347 e. The molecule has 0 spiro atoms. The van der Waals surface area contributed by atoms with E-state index in [1.165, 1.54) is 0 Å². The molecule has 110 valence electrons. The summed E-state index contributed by atoms with van der Waals surface area (Å²) < 4.78 is 24.4. The van der Waals surface area contributed by atoms with Crippen LogP contribution in [0.25, 0.3) is 5.69 Å². The molecular formula is C14H15N3O3S. The maximum absolute atomic E-state index is 12.1. The zero-order valence-electron chi connectivity index (χ0n) is 11.3. The molecule has 1 atom stereocenters. The van der Waals surface area contributed by atoms with E-state index in [9.17, 15) is 13.2 Å². The minimum atomic E-state index is -3.00. The molecule has 0 aliphatic carbocycles. The van der Waals surface area contributed by atoms with Crippen LogP contribution in [0.5, 0.6) is 0 Å². The average molecular weight is 305 g/mol. The summed E-state index contributed by atoms with van der Waals surface area (Å²) in [7, 11) is -3.00. The Balaban J connectivity index is 1.70. The van der Waals surface area contributed by atoms with Crippen LogP contribution in [0, 0.1) is 0 Å². The molecule has 1 fully saturated rings. The summed E-state index contributed by atoms with van der Waals surface area (Å²) in [5, 5.41) is 6.94. The molecule has 1 saturated heterocycles. The Morgan fingerprint density at radius 1 is 1.24 bits per heavy atom. The summed E-state index contributed by atoms with van der Waals surface area (Å²) in [5.74, 6) is -0.194. The van der Waals surface area contributed by atoms with Crippen LogP contribution in [0.3, 0.4) is 0 Å². The highest BCUT2D eigenvalue weighted by Gasteiger charge is 2.29. The molecule has 1 amide bonds. The van der Waals surface area contributed by atoms with Gasteiger partial charge in [-0.05, 0) is 24.6 Å². The zero-order chi connectivity index (χ0) is 14.9. The summed E-state index contributed by atoms with van der Waals surface area (Å²) in [6.45, 7) is 0. The third kappa shape index (κ3) is 3.13. The molecule has 6 nitrogen and oxygen atoms in total. The lowest BCUT2D eigenvalue weighted by Gasteiger charge is -2.08. The van der Waals surface area contributed by atoms with Crippen LogP contribution < -0.4 is 5.32 Å². The summed E-state index contributed by atoms with van der Waals surface area (Å²) in [6, 6.07) is 10.8. The maximum Gasteiger partial charge on any atom is 0.272 e. The normalized spacial score (nSPS) is 20.3. The second-order valence-corrected chi connectivity index (χ2v) is 7.28. The number of carbonyl (C=O) groups excluding carboxylic acids is 1. The van der Waals surface area contributed by atoms with Crippen LogP contribution in [0.2, 0.25) is 0 Å². The zero-order valence-corrected chi connectivity index (χ0v) is 12.1. The molecular weight excluding hydrogens is 290 g/mol. The van der Waals surface area contributed by atoms with Gasteiger partial charge in [0, 0.05) is 12.2 Å². The van der Waals surface area contributed by atoms with E-state index in [1.54, 1.807) is 16.9 Å². The molecule has 1 aliphatic heterocycles. The van der Waals surface area contributed by atoms with Crippen molar-refractivity contribution in [2.75, 3.05) is 11.5 Å². The number of benzene rings is 1. The van der Waals surface area contributed by atoms with Gasteiger partial charge in [-0.25, -0.2) is 13.1 Å². The number of amides is 1. The van der Waals surface area contributed by atoms with E-state index in [4.69, 9.17) is 0 Å². The van der Waals surface area contributed by atoms with Gasteiger partial charge in [-0.2, -0.15) is 5.10 Å². The van der Waals surface area contributed by atoms with Crippen LogP contribution in [0.15, 0.2) is 42.6 Å². The van der Waals surface area contributed by atoms with Gasteiger partial charge in [0.1, 0.15) is 0 Å². The lowest BCUT2D eigenvalue weighted by atomic mass is 10.2. The van der Waals surface area contributed by atoms with E-state index in [-0.39, 0.29) is 29.1 Å². The number of nitrogens with zero attached hydrogens (tertiary/aromatic N) is 2. The molecule has 0 unspecified atom stereocenters. The van der Waals surface area contributed by atoms with Crippen LogP contribution in [0.4, 0.5) is 0 Å². The molecule has 0 bridgehead atoms. The topological polar surface area (TPSA) is 81.1 Å². The number of hydrogen-bond donors (Lipinski definition) is 1. The molecule has 0 saturated carbocycles. The van der Waals surface area contributed by atoms with Crippen LogP contribution >= 0.6 is 0 Å². The molecule has 3 rings (SSSR count). The van der Waals surface area contributed by atoms with Crippen molar-refractivity contribution < 1.29 is 13.2 Å². The standard InChI is InChI=1S/C14H15N3O3S/c18-14(15-11-7-9-21(19,20)10-11)13-6-8-17(16-13)12-4-2-1-3-5-12/h1-6,8,11H,7,9-10H2,(H,15,18)/t11-/m1/s1. The Morgan fingerprint density at radius 2 is 2.00 bits per heavy atom. The van der Waals surface area contributed by atoms with E-state index in [2.05, 4.69) is 10.4 Å². The predicted molar refractivity (Wildman–Crippen MR) is 78.1 cm³/mol. The number of para-hydroxylation sites is 1. The first-order valence-electron chi connectivity index (χ1n) is 6.66. The molecule has 1 aromatic heterocycles. The molecule has 1 aromatic carbocycles. The van der Waals surface area contributed by atoms with Crippen LogP contribution in [0.1, 0.15) is 16.9 Å². The third-order valence-electron chi connectivity index (χ3n) is 3.41. The van der Waals surface area contributed by atoms with Crippen molar-refractivity contribution in [3.05, 3.63) is 48.3 Å². The Bertz CT molecular complexity index is 753. The van der Waals surface area contributed by atoms with Crippen molar-refractivity contribution in [2.24, 2.45) is 0 Å². The fourth-order valence-corrected chi connectivity index (χ4v) is 4.01. The molecule has 7 heteroatoms. The Kier molecular flexibility index (Phi) is 3.50. The quantitative estimate of drug-likeness (QED) is 0.909. The van der Waals surface area contributed by atoms with E-state index < -0.39 is 9.84 Å². The van der Waals surface area contributed by atoms with Gasteiger partial charge in [0.2, 0.25) is 0 Å². The fraction of sp³-hybridized carbons (Fsp3) is 0.286. The van der Waals surface area contributed by atoms with Gasteiger partial charge < -0.3 is 5.32 Å². The highest BCUT2D eigenvalue weighted by Crippen LogP contribution is 2.12. The Hall–Kier alpha value is -2.15. The van der Waals surface area contributed by atoms with Crippen molar-refractivity contribution >= 4 is 15.7 Å². The highest BCUT2D eigenvalue weighted by molar-refractivity contribution is 7.91. The molecule has 1 aliphatic rings. The molecule has 0 radical (unpaired) electrons. The molecule has 2 aromatic rings. The van der Waals surface area contributed by atoms with Gasteiger partial charge in [0.25, 0.3) is 5.91 Å². The summed E-state index contributed by atoms with van der Waals surface area (Å²) in [6.07, 6.45) is 2.17. The first-order chi connectivity index (χ1) is 10.0. The first kappa shape index (κ1) is 13.8. The number of sulfone groups is 1. The number of hydrogen-bond acceptors (Lipinski definition) is 4. The second-order valence-electron chi connectivity index (χ2n) is 5.05. The van der Waals surface area contributed by atoms with Gasteiger partial charge >= 0.3 is 0 Å². The number of rotatable bonds is 3. The minimum absolute atomic E-state index is 0.0120. The van der Waals surface area contributed by atoms with Gasteiger partial charge in [0.15, 0.2) is 15.5 Å². The lowest BCUT2D eigenvalue weighted by molar-refractivity contribution is 0.0935.